The van der Waals surface area contributed by atoms with E-state index in [4.69, 9.17) is 16.0 Å². The molecule has 104 valence electrons. The zero-order valence-corrected chi connectivity index (χ0v) is 11.4. The number of benzene rings is 1. The molecule has 0 bridgehead atoms. The van der Waals surface area contributed by atoms with Crippen LogP contribution in [0.1, 0.15) is 17.2 Å². The molecule has 0 fully saturated rings. The normalized spacial score (nSPS) is 12.5. The molecule has 1 heterocycles. The maximum atomic E-state index is 11.6. The van der Waals surface area contributed by atoms with Crippen LogP contribution in [-0.2, 0) is 4.79 Å². The van der Waals surface area contributed by atoms with E-state index in [0.717, 1.165) is 5.56 Å². The Morgan fingerprint density at radius 1 is 1.40 bits per heavy atom. The molecule has 0 aliphatic carbocycles. The maximum Gasteiger partial charge on any atom is 0.244 e. The van der Waals surface area contributed by atoms with Crippen LogP contribution in [0.25, 0.3) is 6.08 Å². The fraction of sp³-hybridized carbons (Fsp3) is 0.133. The summed E-state index contributed by atoms with van der Waals surface area (Å²) in [6, 6.07) is 8.87. The van der Waals surface area contributed by atoms with Crippen molar-refractivity contribution in [3.05, 3.63) is 65.1 Å². The van der Waals surface area contributed by atoms with Gasteiger partial charge in [-0.3, -0.25) is 4.79 Å². The van der Waals surface area contributed by atoms with Crippen molar-refractivity contribution in [2.24, 2.45) is 0 Å². The summed E-state index contributed by atoms with van der Waals surface area (Å²) in [7, 11) is 0. The number of aliphatic hydroxyl groups excluding tert-OH is 1. The van der Waals surface area contributed by atoms with Gasteiger partial charge in [-0.05, 0) is 23.8 Å². The molecule has 0 saturated carbocycles. The third kappa shape index (κ3) is 3.98. The Bertz CT molecular complexity index is 593. The molecule has 5 heteroatoms. The standard InChI is InChI=1S/C15H14ClNO3/c16-13-4-2-1-3-11(13)5-6-15(19)17-9-14(18)12-7-8-20-10-12/h1-8,10,14,18H,9H2,(H,17,19)/b6-5+/t14-/m0/s1. The van der Waals surface area contributed by atoms with E-state index in [1.165, 1.54) is 18.6 Å². The molecule has 0 saturated heterocycles. The van der Waals surface area contributed by atoms with Crippen molar-refractivity contribution in [2.45, 2.75) is 6.10 Å². The number of amides is 1. The van der Waals surface area contributed by atoms with Crippen LogP contribution < -0.4 is 5.32 Å². The molecule has 1 aromatic carbocycles. The lowest BCUT2D eigenvalue weighted by Crippen LogP contribution is -2.26. The van der Waals surface area contributed by atoms with E-state index in [2.05, 4.69) is 5.32 Å². The van der Waals surface area contributed by atoms with E-state index >= 15 is 0 Å². The number of nitrogens with one attached hydrogen (secondary N) is 1. The molecule has 1 amide bonds. The number of carbonyl (C=O) groups excluding carboxylic acids is 1. The van der Waals surface area contributed by atoms with Crippen LogP contribution in [0.5, 0.6) is 0 Å². The molecule has 0 radical (unpaired) electrons. The number of aliphatic hydroxyl groups is 1. The first-order valence-electron chi connectivity index (χ1n) is 6.07. The molecule has 1 aromatic heterocycles. The highest BCUT2D eigenvalue weighted by molar-refractivity contribution is 6.32. The van der Waals surface area contributed by atoms with Gasteiger partial charge in [0.2, 0.25) is 5.91 Å². The van der Waals surface area contributed by atoms with Crippen molar-refractivity contribution in [2.75, 3.05) is 6.54 Å². The van der Waals surface area contributed by atoms with Crippen molar-refractivity contribution in [1.29, 1.82) is 0 Å². The quantitative estimate of drug-likeness (QED) is 0.833. The van der Waals surface area contributed by atoms with Crippen LogP contribution >= 0.6 is 11.6 Å². The van der Waals surface area contributed by atoms with Crippen molar-refractivity contribution < 1.29 is 14.3 Å². The second-order valence-electron chi connectivity index (χ2n) is 4.17. The first-order chi connectivity index (χ1) is 9.66. The minimum absolute atomic E-state index is 0.116. The molecule has 2 N–H and O–H groups in total. The Balaban J connectivity index is 1.85. The average molecular weight is 292 g/mol. The predicted octanol–water partition coefficient (Wildman–Crippen LogP) is 2.80. The van der Waals surface area contributed by atoms with Gasteiger partial charge in [-0.25, -0.2) is 0 Å². The molecule has 1 atom stereocenters. The molecule has 0 spiro atoms. The number of rotatable bonds is 5. The summed E-state index contributed by atoms with van der Waals surface area (Å²) in [5.41, 5.74) is 1.39. The summed E-state index contributed by atoms with van der Waals surface area (Å²) in [5, 5.41) is 12.9. The van der Waals surface area contributed by atoms with Crippen LogP contribution in [0.2, 0.25) is 5.02 Å². The zero-order chi connectivity index (χ0) is 14.4. The summed E-state index contributed by atoms with van der Waals surface area (Å²) in [6.07, 6.45) is 5.13. The number of hydrogen-bond donors (Lipinski definition) is 2. The lowest BCUT2D eigenvalue weighted by molar-refractivity contribution is -0.116. The lowest BCUT2D eigenvalue weighted by Gasteiger charge is -2.08. The Labute approximate surface area is 121 Å². The van der Waals surface area contributed by atoms with Gasteiger partial charge in [0.15, 0.2) is 0 Å². The van der Waals surface area contributed by atoms with Gasteiger partial charge in [-0.2, -0.15) is 0 Å². The van der Waals surface area contributed by atoms with Crippen molar-refractivity contribution in [3.8, 4) is 0 Å². The second kappa shape index (κ2) is 6.93. The topological polar surface area (TPSA) is 62.5 Å². The van der Waals surface area contributed by atoms with Gasteiger partial charge in [0.25, 0.3) is 0 Å². The Morgan fingerprint density at radius 2 is 2.20 bits per heavy atom. The minimum Gasteiger partial charge on any atom is -0.472 e. The van der Waals surface area contributed by atoms with Crippen molar-refractivity contribution in [1.82, 2.24) is 5.32 Å². The predicted molar refractivity (Wildman–Crippen MR) is 77.2 cm³/mol. The second-order valence-corrected chi connectivity index (χ2v) is 4.58. The van der Waals surface area contributed by atoms with E-state index in [-0.39, 0.29) is 12.5 Å². The average Bonchev–Trinajstić information content (AvgIpc) is 2.98. The maximum absolute atomic E-state index is 11.6. The van der Waals surface area contributed by atoms with Gasteiger partial charge in [0.05, 0.1) is 18.6 Å². The van der Waals surface area contributed by atoms with Crippen LogP contribution in [0.3, 0.4) is 0 Å². The Kier molecular flexibility index (Phi) is 4.98. The van der Waals surface area contributed by atoms with Gasteiger partial charge < -0.3 is 14.8 Å². The van der Waals surface area contributed by atoms with Gasteiger partial charge in [0, 0.05) is 23.2 Å². The van der Waals surface area contributed by atoms with Crippen LogP contribution in [0, 0.1) is 0 Å². The highest BCUT2D eigenvalue weighted by atomic mass is 35.5. The van der Waals surface area contributed by atoms with Crippen LogP contribution in [0.4, 0.5) is 0 Å². The van der Waals surface area contributed by atoms with E-state index in [9.17, 15) is 9.90 Å². The van der Waals surface area contributed by atoms with E-state index in [0.29, 0.717) is 10.6 Å². The summed E-state index contributed by atoms with van der Waals surface area (Å²) >= 11 is 5.97. The zero-order valence-electron chi connectivity index (χ0n) is 10.6. The molecule has 0 aliphatic heterocycles. The third-order valence-corrected chi connectivity index (χ3v) is 3.06. The van der Waals surface area contributed by atoms with Gasteiger partial charge in [-0.1, -0.05) is 29.8 Å². The van der Waals surface area contributed by atoms with E-state index in [1.54, 1.807) is 18.2 Å². The van der Waals surface area contributed by atoms with E-state index < -0.39 is 6.10 Å². The van der Waals surface area contributed by atoms with Gasteiger partial charge in [0.1, 0.15) is 0 Å². The fourth-order valence-electron chi connectivity index (χ4n) is 1.61. The van der Waals surface area contributed by atoms with Gasteiger partial charge in [-0.15, -0.1) is 0 Å². The molecule has 0 unspecified atom stereocenters. The number of hydrogen-bond acceptors (Lipinski definition) is 3. The smallest absolute Gasteiger partial charge is 0.244 e. The summed E-state index contributed by atoms with van der Waals surface area (Å²) in [5.74, 6) is -0.299. The number of carbonyl (C=O) groups is 1. The van der Waals surface area contributed by atoms with Crippen molar-refractivity contribution in [3.63, 3.8) is 0 Å². The fourth-order valence-corrected chi connectivity index (χ4v) is 1.81. The lowest BCUT2D eigenvalue weighted by atomic mass is 10.2. The summed E-state index contributed by atoms with van der Waals surface area (Å²) in [6.45, 7) is 0.116. The first kappa shape index (κ1) is 14.4. The monoisotopic (exact) mass is 291 g/mol. The highest BCUT2D eigenvalue weighted by Crippen LogP contribution is 2.16. The summed E-state index contributed by atoms with van der Waals surface area (Å²) < 4.78 is 4.86. The molecule has 0 aliphatic rings. The molecule has 4 nitrogen and oxygen atoms in total. The molecular weight excluding hydrogens is 278 g/mol. The van der Waals surface area contributed by atoms with Crippen LogP contribution in [0.15, 0.2) is 53.4 Å². The Hall–Kier alpha value is -2.04. The first-order valence-corrected chi connectivity index (χ1v) is 6.45. The van der Waals surface area contributed by atoms with Crippen LogP contribution in [-0.4, -0.2) is 17.6 Å². The third-order valence-electron chi connectivity index (χ3n) is 2.72. The molecule has 20 heavy (non-hydrogen) atoms. The molecule has 2 aromatic rings. The van der Waals surface area contributed by atoms with Crippen molar-refractivity contribution >= 4 is 23.6 Å². The van der Waals surface area contributed by atoms with Gasteiger partial charge >= 0.3 is 0 Å². The minimum atomic E-state index is -0.786. The molecule has 2 rings (SSSR count). The highest BCUT2D eigenvalue weighted by Gasteiger charge is 2.09. The van der Waals surface area contributed by atoms with E-state index in [1.807, 2.05) is 18.2 Å². The largest absolute Gasteiger partial charge is 0.472 e. The SMILES string of the molecule is O=C(/C=C/c1ccccc1Cl)NC[C@H](O)c1ccoc1. The number of furan rings is 1. The summed E-state index contributed by atoms with van der Waals surface area (Å²) in [4.78, 5) is 11.6. The molecular formula is C15H14ClNO3. The number of halogens is 1. The Morgan fingerprint density at radius 3 is 2.90 bits per heavy atom.